The topological polar surface area (TPSA) is 72.5 Å². The summed E-state index contributed by atoms with van der Waals surface area (Å²) in [6.07, 6.45) is 1.64. The molecule has 0 saturated heterocycles. The molecule has 210 valence electrons. The molecule has 2 aromatic carbocycles. The lowest BCUT2D eigenvalue weighted by Crippen LogP contribution is -2.39. The van der Waals surface area contributed by atoms with E-state index in [9.17, 15) is 4.79 Å². The molecule has 0 N–H and O–H groups in total. The van der Waals surface area contributed by atoms with Crippen LogP contribution in [-0.2, 0) is 20.1 Å². The van der Waals surface area contributed by atoms with Gasteiger partial charge in [-0.3, -0.25) is 0 Å². The average Bonchev–Trinajstić information content (AvgIpc) is 2.92. The molecule has 7 heteroatoms. The van der Waals surface area contributed by atoms with E-state index in [0.29, 0.717) is 50.3 Å². The first-order valence-electron chi connectivity index (χ1n) is 13.6. The van der Waals surface area contributed by atoms with Gasteiger partial charge < -0.3 is 28.4 Å². The Morgan fingerprint density at radius 2 is 1.39 bits per heavy atom. The van der Waals surface area contributed by atoms with E-state index in [2.05, 4.69) is 20.4 Å². The fourth-order valence-corrected chi connectivity index (χ4v) is 4.14. The molecule has 0 aliphatic heterocycles. The Hall–Kier alpha value is -3.03. The zero-order valence-electron chi connectivity index (χ0n) is 24.1. The molecule has 0 aromatic heterocycles. The van der Waals surface area contributed by atoms with E-state index in [1.807, 2.05) is 64.1 Å². The maximum Gasteiger partial charge on any atom is 0.338 e. The van der Waals surface area contributed by atoms with Gasteiger partial charge in [-0.15, -0.1) is 0 Å². The Kier molecular flexibility index (Phi) is 12.6. The summed E-state index contributed by atoms with van der Waals surface area (Å²) in [7, 11) is 0. The quantitative estimate of drug-likeness (QED) is 0.0932. The Bertz CT molecular complexity index is 1020. The highest BCUT2D eigenvalue weighted by atomic mass is 16.7. The molecule has 7 nitrogen and oxygen atoms in total. The Balaban J connectivity index is 2.90. The van der Waals surface area contributed by atoms with Crippen molar-refractivity contribution >= 4 is 5.97 Å². The Morgan fingerprint density at radius 3 is 1.89 bits per heavy atom. The standard InChI is InChI=1S/C31H44O7/c1-9-19-36-31(37-20-10-2,24-17-15-14-16-18-24)23(8)25-21-26(33-11-3)28(38-30(32)22(6)7)29(35-13-5)27(25)34-12-4/h14-18,21,23H,6,9-13,19-20H2,1-5,7-8H3. The molecule has 0 fully saturated rings. The predicted octanol–water partition coefficient (Wildman–Crippen LogP) is 7.17. The van der Waals surface area contributed by atoms with Gasteiger partial charge in [-0.25, -0.2) is 4.79 Å². The van der Waals surface area contributed by atoms with Gasteiger partial charge in [-0.1, -0.05) is 57.7 Å². The van der Waals surface area contributed by atoms with Crippen LogP contribution in [0.3, 0.4) is 0 Å². The van der Waals surface area contributed by atoms with Gasteiger partial charge in [0.05, 0.1) is 33.0 Å². The van der Waals surface area contributed by atoms with Gasteiger partial charge in [0.25, 0.3) is 0 Å². The van der Waals surface area contributed by atoms with Crippen LogP contribution < -0.4 is 18.9 Å². The first-order valence-corrected chi connectivity index (χ1v) is 13.6. The fraction of sp³-hybridized carbons (Fsp3) is 0.516. The van der Waals surface area contributed by atoms with Crippen LogP contribution in [0.5, 0.6) is 23.0 Å². The van der Waals surface area contributed by atoms with Crippen molar-refractivity contribution < 1.29 is 33.2 Å². The SMILES string of the molecule is C=C(C)C(=O)Oc1c(OCC)cc(C(C)C(OCCC)(OCCC)c2ccccc2)c(OCC)c1OCC. The summed E-state index contributed by atoms with van der Waals surface area (Å²) in [5, 5.41) is 0. The number of esters is 1. The summed E-state index contributed by atoms with van der Waals surface area (Å²) < 4.78 is 37.1. The molecule has 1 unspecified atom stereocenters. The monoisotopic (exact) mass is 528 g/mol. The fourth-order valence-electron chi connectivity index (χ4n) is 4.14. The number of rotatable bonds is 17. The molecule has 0 spiro atoms. The number of hydrogen-bond donors (Lipinski definition) is 0. The number of carbonyl (C=O) groups excluding carboxylic acids is 1. The van der Waals surface area contributed by atoms with Crippen LogP contribution in [0.25, 0.3) is 0 Å². The van der Waals surface area contributed by atoms with E-state index in [-0.39, 0.29) is 17.2 Å². The van der Waals surface area contributed by atoms with Crippen molar-refractivity contribution in [3.63, 3.8) is 0 Å². The molecular formula is C31H44O7. The largest absolute Gasteiger partial charge is 0.490 e. The summed E-state index contributed by atoms with van der Waals surface area (Å²) in [6.45, 7) is 19.1. The van der Waals surface area contributed by atoms with Crippen molar-refractivity contribution in [2.75, 3.05) is 33.0 Å². The second-order valence-electron chi connectivity index (χ2n) is 8.87. The van der Waals surface area contributed by atoms with Crippen LogP contribution in [0.4, 0.5) is 0 Å². The van der Waals surface area contributed by atoms with E-state index >= 15 is 0 Å². The second-order valence-corrected chi connectivity index (χ2v) is 8.87. The minimum Gasteiger partial charge on any atom is -0.490 e. The Labute approximate surface area is 228 Å². The normalized spacial score (nSPS) is 12.1. The maximum absolute atomic E-state index is 12.6. The first-order chi connectivity index (χ1) is 18.3. The summed E-state index contributed by atoms with van der Waals surface area (Å²) >= 11 is 0. The van der Waals surface area contributed by atoms with Gasteiger partial charge in [0.2, 0.25) is 17.3 Å². The van der Waals surface area contributed by atoms with Gasteiger partial charge in [-0.2, -0.15) is 0 Å². The summed E-state index contributed by atoms with van der Waals surface area (Å²) in [5.74, 6) is -0.776. The van der Waals surface area contributed by atoms with E-state index in [1.165, 1.54) is 0 Å². The van der Waals surface area contributed by atoms with Crippen LogP contribution in [0, 0.1) is 0 Å². The first kappa shape index (κ1) is 31.2. The Morgan fingerprint density at radius 1 is 0.842 bits per heavy atom. The third kappa shape index (κ3) is 7.29. The highest BCUT2D eigenvalue weighted by Gasteiger charge is 2.44. The van der Waals surface area contributed by atoms with Crippen LogP contribution in [0.1, 0.15) is 78.4 Å². The van der Waals surface area contributed by atoms with E-state index < -0.39 is 11.8 Å². The molecule has 0 heterocycles. The highest BCUT2D eigenvalue weighted by Crippen LogP contribution is 2.53. The van der Waals surface area contributed by atoms with Gasteiger partial charge in [-0.05, 0) is 46.6 Å². The van der Waals surface area contributed by atoms with Crippen molar-refractivity contribution in [2.45, 2.75) is 73.0 Å². The van der Waals surface area contributed by atoms with Crippen LogP contribution in [-0.4, -0.2) is 39.0 Å². The maximum atomic E-state index is 12.6. The number of carbonyl (C=O) groups is 1. The number of ether oxygens (including phenoxy) is 6. The highest BCUT2D eigenvalue weighted by molar-refractivity contribution is 5.90. The number of hydrogen-bond acceptors (Lipinski definition) is 7. The van der Waals surface area contributed by atoms with Crippen molar-refractivity contribution in [3.8, 4) is 23.0 Å². The molecule has 0 aliphatic carbocycles. The third-order valence-corrected chi connectivity index (χ3v) is 5.86. The van der Waals surface area contributed by atoms with Crippen molar-refractivity contribution in [1.82, 2.24) is 0 Å². The summed E-state index contributed by atoms with van der Waals surface area (Å²) in [5.41, 5.74) is 1.91. The lowest BCUT2D eigenvalue weighted by molar-refractivity contribution is -0.259. The summed E-state index contributed by atoms with van der Waals surface area (Å²) in [6, 6.07) is 11.8. The van der Waals surface area contributed by atoms with Crippen LogP contribution in [0.2, 0.25) is 0 Å². The average molecular weight is 529 g/mol. The van der Waals surface area contributed by atoms with Crippen molar-refractivity contribution in [3.05, 3.63) is 59.7 Å². The predicted molar refractivity (Wildman–Crippen MR) is 149 cm³/mol. The molecule has 0 amide bonds. The molecule has 0 aliphatic rings. The molecule has 0 radical (unpaired) electrons. The molecule has 0 bridgehead atoms. The second kappa shape index (κ2) is 15.4. The van der Waals surface area contributed by atoms with Gasteiger partial charge in [0, 0.05) is 22.6 Å². The van der Waals surface area contributed by atoms with E-state index in [4.69, 9.17) is 28.4 Å². The lowest BCUT2D eigenvalue weighted by Gasteiger charge is -2.40. The van der Waals surface area contributed by atoms with Gasteiger partial charge >= 0.3 is 5.97 Å². The number of benzene rings is 2. The minimum absolute atomic E-state index is 0.162. The molecule has 1 atom stereocenters. The lowest BCUT2D eigenvalue weighted by atomic mass is 9.85. The smallest absolute Gasteiger partial charge is 0.338 e. The van der Waals surface area contributed by atoms with Gasteiger partial charge in [0.15, 0.2) is 11.5 Å². The third-order valence-electron chi connectivity index (χ3n) is 5.86. The van der Waals surface area contributed by atoms with Crippen LogP contribution >= 0.6 is 0 Å². The van der Waals surface area contributed by atoms with Crippen LogP contribution in [0.15, 0.2) is 48.6 Å². The molecule has 2 rings (SSSR count). The van der Waals surface area contributed by atoms with E-state index in [1.54, 1.807) is 6.92 Å². The van der Waals surface area contributed by atoms with E-state index in [0.717, 1.165) is 24.0 Å². The minimum atomic E-state index is -1.11. The van der Waals surface area contributed by atoms with Crippen molar-refractivity contribution in [1.29, 1.82) is 0 Å². The zero-order chi connectivity index (χ0) is 28.1. The molecule has 38 heavy (non-hydrogen) atoms. The zero-order valence-corrected chi connectivity index (χ0v) is 24.1. The molecular weight excluding hydrogens is 484 g/mol. The summed E-state index contributed by atoms with van der Waals surface area (Å²) in [4.78, 5) is 12.6. The van der Waals surface area contributed by atoms with Gasteiger partial charge in [0.1, 0.15) is 0 Å². The van der Waals surface area contributed by atoms with Crippen molar-refractivity contribution in [2.24, 2.45) is 0 Å². The molecule has 2 aromatic rings. The molecule has 0 saturated carbocycles.